The van der Waals surface area contributed by atoms with E-state index in [4.69, 9.17) is 34.2 Å². The number of amides is 2. The summed E-state index contributed by atoms with van der Waals surface area (Å²) in [5.41, 5.74) is 10.9. The van der Waals surface area contributed by atoms with Crippen LogP contribution in [0.25, 0.3) is 18.2 Å². The molecule has 3 aromatic rings. The lowest BCUT2D eigenvalue weighted by atomic mass is 10.1. The minimum absolute atomic E-state index is 0.0549. The summed E-state index contributed by atoms with van der Waals surface area (Å²) in [5.74, 6) is -1.91. The summed E-state index contributed by atoms with van der Waals surface area (Å²) in [5, 5.41) is 5.27. The molecular formula is C40H43N3O12. The Kier molecular flexibility index (Phi) is 17.2. The van der Waals surface area contributed by atoms with Crippen molar-refractivity contribution in [2.24, 2.45) is 0 Å². The van der Waals surface area contributed by atoms with Crippen LogP contribution in [0, 0.1) is 0 Å². The first-order valence-corrected chi connectivity index (χ1v) is 16.8. The van der Waals surface area contributed by atoms with E-state index in [0.29, 0.717) is 44.9 Å². The van der Waals surface area contributed by atoms with E-state index < -0.39 is 36.1 Å². The molecule has 0 aliphatic carbocycles. The standard InChI is InChI=1S/C40H43N3O12/c1-26(44)50-20-33(21-51-27(2)45)18-31-7-13-37(14-8-31)42-39(48)54-24-35(17-30-5-11-36(41)12-6-30)25-55-40(49)43-38-15-9-32(10-16-38)19-34(22-52-28(3)46)23-53-29(4)47/h5-19H,20-25,41H2,1-4H3,(H,42,48)(H,43,49). The lowest BCUT2D eigenvalue weighted by Gasteiger charge is -2.12. The maximum absolute atomic E-state index is 12.7. The smallest absolute Gasteiger partial charge is 0.411 e. The molecule has 15 nitrogen and oxygen atoms in total. The van der Waals surface area contributed by atoms with Gasteiger partial charge in [-0.2, -0.15) is 0 Å². The third kappa shape index (κ3) is 17.9. The second kappa shape index (κ2) is 22.2. The van der Waals surface area contributed by atoms with Gasteiger partial charge in [0.2, 0.25) is 0 Å². The van der Waals surface area contributed by atoms with Gasteiger partial charge >= 0.3 is 36.1 Å². The van der Waals surface area contributed by atoms with Gasteiger partial charge in [0.25, 0.3) is 0 Å². The predicted octanol–water partition coefficient (Wildman–Crippen LogP) is 6.17. The lowest BCUT2D eigenvalue weighted by Crippen LogP contribution is -2.19. The van der Waals surface area contributed by atoms with Gasteiger partial charge in [-0.1, -0.05) is 36.4 Å². The lowest BCUT2D eigenvalue weighted by molar-refractivity contribution is -0.143. The van der Waals surface area contributed by atoms with E-state index in [9.17, 15) is 28.8 Å². The third-order valence-electron chi connectivity index (χ3n) is 6.98. The summed E-state index contributed by atoms with van der Waals surface area (Å²) in [4.78, 5) is 70.4. The number of nitrogens with two attached hydrogens (primary N) is 1. The van der Waals surface area contributed by atoms with Gasteiger partial charge in [0.1, 0.15) is 39.6 Å². The Balaban J connectivity index is 1.61. The van der Waals surface area contributed by atoms with Gasteiger partial charge in [-0.05, 0) is 71.3 Å². The highest BCUT2D eigenvalue weighted by molar-refractivity contribution is 5.86. The van der Waals surface area contributed by atoms with Crippen molar-refractivity contribution in [2.75, 3.05) is 56.0 Å². The number of rotatable bonds is 17. The molecular weight excluding hydrogens is 714 g/mol. The molecule has 0 saturated heterocycles. The van der Waals surface area contributed by atoms with E-state index in [1.54, 1.807) is 91.0 Å². The molecule has 0 saturated carbocycles. The summed E-state index contributed by atoms with van der Waals surface area (Å²) in [7, 11) is 0. The molecule has 55 heavy (non-hydrogen) atoms. The zero-order chi connectivity index (χ0) is 40.2. The Hall–Kier alpha value is -6.90. The van der Waals surface area contributed by atoms with Gasteiger partial charge in [0.15, 0.2) is 0 Å². The van der Waals surface area contributed by atoms with Crippen LogP contribution in [0.1, 0.15) is 44.4 Å². The quantitative estimate of drug-likeness (QED) is 0.0801. The Labute approximate surface area is 318 Å². The normalized spacial score (nSPS) is 10.0. The molecule has 0 fully saturated rings. The molecule has 0 radical (unpaired) electrons. The summed E-state index contributed by atoms with van der Waals surface area (Å²) < 4.78 is 31.0. The number of nitrogen functional groups attached to an aromatic ring is 1. The van der Waals surface area contributed by atoms with E-state index in [1.807, 2.05) is 0 Å². The van der Waals surface area contributed by atoms with E-state index in [1.165, 1.54) is 27.7 Å². The first kappa shape index (κ1) is 42.5. The summed E-state index contributed by atoms with van der Waals surface area (Å²) in [6.07, 6.45) is 3.57. The third-order valence-corrected chi connectivity index (χ3v) is 6.98. The zero-order valence-electron chi connectivity index (χ0n) is 30.9. The molecule has 3 rings (SSSR count). The predicted molar refractivity (Wildman–Crippen MR) is 204 cm³/mol. The summed E-state index contributed by atoms with van der Waals surface area (Å²) in [6, 6.07) is 20.3. The van der Waals surface area contributed by atoms with Crippen molar-refractivity contribution in [3.63, 3.8) is 0 Å². The molecule has 0 aromatic heterocycles. The second-order valence-electron chi connectivity index (χ2n) is 11.8. The van der Waals surface area contributed by atoms with Crippen molar-refractivity contribution in [1.29, 1.82) is 0 Å². The van der Waals surface area contributed by atoms with Crippen molar-refractivity contribution < 1.29 is 57.2 Å². The van der Waals surface area contributed by atoms with Crippen LogP contribution in [-0.2, 0) is 47.6 Å². The van der Waals surface area contributed by atoms with E-state index in [2.05, 4.69) is 10.6 Å². The fraction of sp³-hybridized carbons (Fsp3) is 0.250. The fourth-order valence-electron chi connectivity index (χ4n) is 4.40. The molecule has 2 amide bonds. The van der Waals surface area contributed by atoms with Gasteiger partial charge in [0, 0.05) is 61.5 Å². The molecule has 4 N–H and O–H groups in total. The molecule has 0 bridgehead atoms. The van der Waals surface area contributed by atoms with E-state index in [-0.39, 0.29) is 39.6 Å². The van der Waals surface area contributed by atoms with Crippen molar-refractivity contribution in [2.45, 2.75) is 27.7 Å². The number of hydrogen-bond acceptors (Lipinski definition) is 13. The molecule has 0 aliphatic heterocycles. The maximum atomic E-state index is 12.7. The maximum Gasteiger partial charge on any atom is 0.411 e. The van der Waals surface area contributed by atoms with Crippen molar-refractivity contribution in [3.05, 3.63) is 106 Å². The average molecular weight is 758 g/mol. The van der Waals surface area contributed by atoms with Gasteiger partial charge in [-0.25, -0.2) is 9.59 Å². The number of benzene rings is 3. The Morgan fingerprint density at radius 1 is 0.436 bits per heavy atom. The van der Waals surface area contributed by atoms with Crippen LogP contribution in [0.2, 0.25) is 0 Å². The minimum Gasteiger partial charge on any atom is -0.461 e. The summed E-state index contributed by atoms with van der Waals surface area (Å²) in [6.45, 7) is 4.44. The van der Waals surface area contributed by atoms with Crippen LogP contribution in [0.5, 0.6) is 0 Å². The number of hydrogen-bond donors (Lipinski definition) is 3. The van der Waals surface area contributed by atoms with Gasteiger partial charge < -0.3 is 34.2 Å². The fourth-order valence-corrected chi connectivity index (χ4v) is 4.40. The number of carbonyl (C=O) groups excluding carboxylic acids is 6. The van der Waals surface area contributed by atoms with Crippen LogP contribution in [0.4, 0.5) is 26.7 Å². The van der Waals surface area contributed by atoms with Crippen LogP contribution in [0.3, 0.4) is 0 Å². The first-order chi connectivity index (χ1) is 26.2. The molecule has 0 atom stereocenters. The largest absolute Gasteiger partial charge is 0.461 e. The number of esters is 4. The Bertz CT molecular complexity index is 1750. The molecule has 0 aliphatic rings. The SMILES string of the molecule is CC(=O)OCC(=Cc1ccc(NC(=O)OCC(=Cc2ccc(N)cc2)COC(=O)Nc2ccc(C=C(COC(C)=O)COC(C)=O)cc2)cc1)COC(C)=O. The van der Waals surface area contributed by atoms with Crippen LogP contribution in [-0.4, -0.2) is 75.7 Å². The van der Waals surface area contributed by atoms with Crippen LogP contribution >= 0.6 is 0 Å². The van der Waals surface area contributed by atoms with Crippen molar-refractivity contribution in [3.8, 4) is 0 Å². The van der Waals surface area contributed by atoms with Gasteiger partial charge in [0.05, 0.1) is 0 Å². The van der Waals surface area contributed by atoms with E-state index >= 15 is 0 Å². The molecule has 3 aromatic carbocycles. The summed E-state index contributed by atoms with van der Waals surface area (Å²) >= 11 is 0. The number of nitrogens with one attached hydrogen (secondary N) is 2. The van der Waals surface area contributed by atoms with Gasteiger partial charge in [-0.3, -0.25) is 29.8 Å². The van der Waals surface area contributed by atoms with E-state index in [0.717, 1.165) is 5.56 Å². The molecule has 15 heteroatoms. The monoisotopic (exact) mass is 757 g/mol. The van der Waals surface area contributed by atoms with Crippen LogP contribution < -0.4 is 16.4 Å². The zero-order valence-corrected chi connectivity index (χ0v) is 30.9. The van der Waals surface area contributed by atoms with Crippen LogP contribution in [0.15, 0.2) is 89.5 Å². The second-order valence-corrected chi connectivity index (χ2v) is 11.8. The minimum atomic E-state index is -0.764. The number of carbonyl (C=O) groups is 6. The van der Waals surface area contributed by atoms with Gasteiger partial charge in [-0.15, -0.1) is 0 Å². The number of anilines is 3. The number of ether oxygens (including phenoxy) is 6. The molecule has 0 heterocycles. The molecule has 0 unspecified atom stereocenters. The molecule has 290 valence electrons. The highest BCUT2D eigenvalue weighted by Gasteiger charge is 2.11. The Morgan fingerprint density at radius 2 is 0.691 bits per heavy atom. The Morgan fingerprint density at radius 3 is 0.964 bits per heavy atom. The highest BCUT2D eigenvalue weighted by atomic mass is 16.6. The average Bonchev–Trinajstić information content (AvgIpc) is 3.13. The highest BCUT2D eigenvalue weighted by Crippen LogP contribution is 2.17. The molecule has 0 spiro atoms. The van der Waals surface area contributed by atoms with Crippen molar-refractivity contribution >= 4 is 71.4 Å². The first-order valence-electron chi connectivity index (χ1n) is 16.8. The topological polar surface area (TPSA) is 208 Å². The van der Waals surface area contributed by atoms with Crippen molar-refractivity contribution in [1.82, 2.24) is 0 Å².